The molecule has 0 bridgehead atoms. The largest absolute Gasteiger partial charge is 0.384 e. The van der Waals surface area contributed by atoms with E-state index in [-0.39, 0.29) is 6.10 Å². The van der Waals surface area contributed by atoms with Crippen molar-refractivity contribution in [1.29, 1.82) is 0 Å². The van der Waals surface area contributed by atoms with Gasteiger partial charge in [0.25, 0.3) is 0 Å². The van der Waals surface area contributed by atoms with Crippen molar-refractivity contribution < 1.29 is 4.74 Å². The summed E-state index contributed by atoms with van der Waals surface area (Å²) < 4.78 is 5.73. The van der Waals surface area contributed by atoms with Gasteiger partial charge in [-0.25, -0.2) is 4.98 Å². The Morgan fingerprint density at radius 3 is 3.17 bits per heavy atom. The van der Waals surface area contributed by atoms with Crippen LogP contribution in [0.15, 0.2) is 24.5 Å². The lowest BCUT2D eigenvalue weighted by Crippen LogP contribution is -2.33. The zero-order valence-electron chi connectivity index (χ0n) is 9.89. The minimum Gasteiger partial charge on any atom is -0.384 e. The van der Waals surface area contributed by atoms with E-state index in [1.54, 1.807) is 12.4 Å². The van der Waals surface area contributed by atoms with Crippen molar-refractivity contribution in [3.05, 3.63) is 30.2 Å². The highest BCUT2D eigenvalue weighted by Crippen LogP contribution is 2.29. The fourth-order valence-corrected chi connectivity index (χ4v) is 2.14. The lowest BCUT2D eigenvalue weighted by molar-refractivity contribution is 0.0253. The fraction of sp³-hybridized carbons (Fsp3) is 0.333. The van der Waals surface area contributed by atoms with E-state index >= 15 is 0 Å². The van der Waals surface area contributed by atoms with Gasteiger partial charge in [0.05, 0.1) is 18.5 Å². The van der Waals surface area contributed by atoms with Gasteiger partial charge in [-0.15, -0.1) is 0 Å². The maximum atomic E-state index is 5.73. The first-order valence-corrected chi connectivity index (χ1v) is 5.92. The predicted molar refractivity (Wildman–Crippen MR) is 67.8 cm³/mol. The molecule has 0 spiro atoms. The van der Waals surface area contributed by atoms with Crippen LogP contribution in [0.3, 0.4) is 0 Å². The Kier molecular flexibility index (Phi) is 2.95. The summed E-state index contributed by atoms with van der Waals surface area (Å²) in [4.78, 5) is 4.00. The van der Waals surface area contributed by atoms with E-state index in [1.807, 2.05) is 12.1 Å². The van der Waals surface area contributed by atoms with Gasteiger partial charge in [-0.3, -0.25) is 5.10 Å². The molecule has 2 aromatic heterocycles. The molecule has 0 unspecified atom stereocenters. The molecule has 94 valence electrons. The number of nitrogens with zero attached hydrogens (tertiary/aromatic N) is 2. The first kappa shape index (κ1) is 11.2. The third-order valence-corrected chi connectivity index (χ3v) is 3.01. The Morgan fingerprint density at radius 1 is 1.44 bits per heavy atom. The molecule has 0 aromatic carbocycles. The Balaban J connectivity index is 1.95. The van der Waals surface area contributed by atoms with Gasteiger partial charge in [0.1, 0.15) is 11.9 Å². The number of H-pyrrole nitrogens is 1. The van der Waals surface area contributed by atoms with E-state index in [0.29, 0.717) is 12.4 Å². The van der Waals surface area contributed by atoms with Crippen molar-refractivity contribution in [2.24, 2.45) is 0 Å². The summed E-state index contributed by atoms with van der Waals surface area (Å²) in [6.07, 6.45) is 3.49. The Bertz CT molecular complexity index is 533. The molecule has 4 N–H and O–H groups in total. The zero-order chi connectivity index (χ0) is 12.4. The maximum Gasteiger partial charge on any atom is 0.123 e. The van der Waals surface area contributed by atoms with E-state index < -0.39 is 0 Å². The number of aromatic amines is 1. The van der Waals surface area contributed by atoms with Crippen LogP contribution in [0.4, 0.5) is 5.82 Å². The normalized spacial score (nSPS) is 19.9. The Labute approximate surface area is 105 Å². The number of hydrogen-bond donors (Lipinski definition) is 3. The zero-order valence-corrected chi connectivity index (χ0v) is 9.89. The van der Waals surface area contributed by atoms with Gasteiger partial charge in [-0.1, -0.05) is 0 Å². The van der Waals surface area contributed by atoms with Gasteiger partial charge in [0.2, 0.25) is 0 Å². The summed E-state index contributed by atoms with van der Waals surface area (Å²) in [5, 5.41) is 10.4. The molecule has 3 heterocycles. The number of aromatic nitrogens is 3. The van der Waals surface area contributed by atoms with Gasteiger partial charge >= 0.3 is 0 Å². The van der Waals surface area contributed by atoms with Crippen molar-refractivity contribution in [3.63, 3.8) is 0 Å². The molecule has 1 saturated heterocycles. The molecule has 2 aromatic rings. The topological polar surface area (TPSA) is 88.8 Å². The summed E-state index contributed by atoms with van der Waals surface area (Å²) in [6.45, 7) is 2.39. The molecule has 3 rings (SSSR count). The minimum absolute atomic E-state index is 0.00522. The number of ether oxygens (including phenoxy) is 1. The lowest BCUT2D eigenvalue weighted by Gasteiger charge is -2.23. The number of morpholine rings is 1. The molecular formula is C12H15N5O. The highest BCUT2D eigenvalue weighted by Gasteiger charge is 2.21. The van der Waals surface area contributed by atoms with Crippen LogP contribution >= 0.6 is 0 Å². The van der Waals surface area contributed by atoms with Crippen molar-refractivity contribution in [2.45, 2.75) is 6.10 Å². The average Bonchev–Trinajstić information content (AvgIpc) is 2.89. The monoisotopic (exact) mass is 245 g/mol. The Hall–Kier alpha value is -1.92. The quantitative estimate of drug-likeness (QED) is 0.725. The molecule has 1 fully saturated rings. The lowest BCUT2D eigenvalue weighted by atomic mass is 10.0. The van der Waals surface area contributed by atoms with E-state index in [0.717, 1.165) is 29.9 Å². The summed E-state index contributed by atoms with van der Waals surface area (Å²) in [6, 6.07) is 3.76. The highest BCUT2D eigenvalue weighted by molar-refractivity contribution is 5.67. The second-order valence-electron chi connectivity index (χ2n) is 4.23. The number of nitrogen functional groups attached to an aromatic ring is 1. The smallest absolute Gasteiger partial charge is 0.123 e. The van der Waals surface area contributed by atoms with E-state index in [9.17, 15) is 0 Å². The van der Waals surface area contributed by atoms with Crippen molar-refractivity contribution in [3.8, 4) is 11.1 Å². The van der Waals surface area contributed by atoms with Crippen LogP contribution in [-0.2, 0) is 4.74 Å². The molecule has 6 heteroatoms. The molecule has 6 nitrogen and oxygen atoms in total. The number of nitrogens with one attached hydrogen (secondary N) is 2. The summed E-state index contributed by atoms with van der Waals surface area (Å²) >= 11 is 0. The molecule has 0 aliphatic carbocycles. The molecule has 1 aliphatic rings. The molecule has 0 saturated carbocycles. The maximum absolute atomic E-state index is 5.73. The Morgan fingerprint density at radius 2 is 2.39 bits per heavy atom. The molecule has 1 atom stereocenters. The van der Waals surface area contributed by atoms with Crippen LogP contribution in [-0.4, -0.2) is 34.9 Å². The van der Waals surface area contributed by atoms with Gasteiger partial charge in [-0.2, -0.15) is 5.10 Å². The van der Waals surface area contributed by atoms with Crippen LogP contribution in [0.1, 0.15) is 11.8 Å². The van der Waals surface area contributed by atoms with Gasteiger partial charge in [0.15, 0.2) is 0 Å². The molecule has 18 heavy (non-hydrogen) atoms. The van der Waals surface area contributed by atoms with Crippen LogP contribution in [0.2, 0.25) is 0 Å². The SMILES string of the molecule is Nc1cc(-c2cn[nH]c2[C@H]2CNCCO2)ccn1. The number of pyridine rings is 1. The van der Waals surface area contributed by atoms with E-state index in [4.69, 9.17) is 10.5 Å². The van der Waals surface area contributed by atoms with Crippen molar-refractivity contribution in [1.82, 2.24) is 20.5 Å². The summed E-state index contributed by atoms with van der Waals surface area (Å²) in [5.41, 5.74) is 8.70. The predicted octanol–water partition coefficient (Wildman–Crippen LogP) is 0.715. The summed E-state index contributed by atoms with van der Waals surface area (Å²) in [7, 11) is 0. The number of anilines is 1. The van der Waals surface area contributed by atoms with Crippen molar-refractivity contribution >= 4 is 5.82 Å². The first-order chi connectivity index (χ1) is 8.84. The van der Waals surface area contributed by atoms with E-state index in [1.165, 1.54) is 0 Å². The summed E-state index contributed by atoms with van der Waals surface area (Å²) in [5.74, 6) is 0.502. The van der Waals surface area contributed by atoms with Crippen molar-refractivity contribution in [2.75, 3.05) is 25.4 Å². The van der Waals surface area contributed by atoms with E-state index in [2.05, 4.69) is 20.5 Å². The second-order valence-corrected chi connectivity index (χ2v) is 4.23. The standard InChI is InChI=1S/C12H15N5O/c13-11-5-8(1-2-15-11)9-6-16-17-12(9)10-7-14-3-4-18-10/h1-2,5-6,10,14H,3-4,7H2,(H2,13,15)(H,16,17)/t10-/m1/s1. The third-order valence-electron chi connectivity index (χ3n) is 3.01. The highest BCUT2D eigenvalue weighted by atomic mass is 16.5. The molecular weight excluding hydrogens is 230 g/mol. The molecule has 1 aliphatic heterocycles. The first-order valence-electron chi connectivity index (χ1n) is 5.92. The second kappa shape index (κ2) is 4.75. The van der Waals surface area contributed by atoms with Crippen LogP contribution in [0, 0.1) is 0 Å². The van der Waals surface area contributed by atoms with Gasteiger partial charge in [-0.05, 0) is 17.7 Å². The number of nitrogens with two attached hydrogens (primary N) is 1. The fourth-order valence-electron chi connectivity index (χ4n) is 2.14. The van der Waals surface area contributed by atoms with Crippen LogP contribution in [0.5, 0.6) is 0 Å². The van der Waals surface area contributed by atoms with Gasteiger partial charge in [0, 0.05) is 24.8 Å². The third kappa shape index (κ3) is 2.07. The van der Waals surface area contributed by atoms with Crippen LogP contribution < -0.4 is 11.1 Å². The number of hydrogen-bond acceptors (Lipinski definition) is 5. The average molecular weight is 245 g/mol. The molecule has 0 radical (unpaired) electrons. The molecule has 0 amide bonds. The number of rotatable bonds is 2. The minimum atomic E-state index is 0.00522. The van der Waals surface area contributed by atoms with Crippen LogP contribution in [0.25, 0.3) is 11.1 Å². The van der Waals surface area contributed by atoms with Gasteiger partial charge < -0.3 is 15.8 Å².